The Balaban J connectivity index is 3.39. The van der Waals surface area contributed by atoms with E-state index < -0.39 is 0 Å². The third kappa shape index (κ3) is 5.53. The van der Waals surface area contributed by atoms with Gasteiger partial charge in [0.1, 0.15) is 5.75 Å². The fourth-order valence-corrected chi connectivity index (χ4v) is 3.26. The Labute approximate surface area is 143 Å². The topological polar surface area (TPSA) is 35.2 Å². The van der Waals surface area contributed by atoms with Crippen molar-refractivity contribution in [2.45, 2.75) is 85.1 Å². The summed E-state index contributed by atoms with van der Waals surface area (Å²) in [7, 11) is 1.79. The number of nitrogens with two attached hydrogens (primary N) is 1. The highest BCUT2D eigenvalue weighted by atomic mass is 16.5. The van der Waals surface area contributed by atoms with Gasteiger partial charge in [-0.3, -0.25) is 0 Å². The Morgan fingerprint density at radius 3 is 1.70 bits per heavy atom. The second-order valence-corrected chi connectivity index (χ2v) is 9.25. The fourth-order valence-electron chi connectivity index (χ4n) is 3.26. The van der Waals surface area contributed by atoms with Gasteiger partial charge in [-0.2, -0.15) is 0 Å². The highest BCUT2D eigenvalue weighted by Crippen LogP contribution is 2.41. The number of methoxy groups -OCH3 is 1. The van der Waals surface area contributed by atoms with Crippen LogP contribution < -0.4 is 10.5 Å². The van der Waals surface area contributed by atoms with E-state index in [4.69, 9.17) is 10.5 Å². The van der Waals surface area contributed by atoms with Gasteiger partial charge in [-0.1, -0.05) is 60.6 Å². The quantitative estimate of drug-likeness (QED) is 0.809. The molecule has 2 nitrogen and oxygen atoms in total. The van der Waals surface area contributed by atoms with Gasteiger partial charge in [-0.15, -0.1) is 0 Å². The summed E-state index contributed by atoms with van der Waals surface area (Å²) in [5.41, 5.74) is 10.1. The molecule has 0 radical (unpaired) electrons. The molecule has 1 aromatic rings. The van der Waals surface area contributed by atoms with Crippen LogP contribution in [0.5, 0.6) is 5.75 Å². The molecule has 0 aromatic heterocycles. The van der Waals surface area contributed by atoms with E-state index in [2.05, 4.69) is 67.5 Å². The van der Waals surface area contributed by atoms with E-state index in [1.807, 2.05) is 0 Å². The Hall–Kier alpha value is -1.02. The number of hydrogen-bond donors (Lipinski definition) is 1. The second-order valence-electron chi connectivity index (χ2n) is 9.25. The van der Waals surface area contributed by atoms with Crippen molar-refractivity contribution in [3.8, 4) is 5.75 Å². The van der Waals surface area contributed by atoms with Crippen LogP contribution in [0.1, 0.15) is 78.5 Å². The minimum atomic E-state index is 0.0613. The molecule has 2 atom stereocenters. The fraction of sp³-hybridized carbons (Fsp3) is 0.714. The van der Waals surface area contributed by atoms with Crippen LogP contribution in [0.15, 0.2) is 12.1 Å². The van der Waals surface area contributed by atoms with Crippen LogP contribution in [0.25, 0.3) is 0 Å². The average molecular weight is 320 g/mol. The summed E-state index contributed by atoms with van der Waals surface area (Å²) in [6.07, 6.45) is 2.12. The van der Waals surface area contributed by atoms with Gasteiger partial charge < -0.3 is 10.5 Å². The molecule has 0 bridgehead atoms. The van der Waals surface area contributed by atoms with Gasteiger partial charge in [0.15, 0.2) is 0 Å². The third-order valence-electron chi connectivity index (χ3n) is 4.33. The van der Waals surface area contributed by atoms with Gasteiger partial charge in [0.05, 0.1) is 7.11 Å². The third-order valence-corrected chi connectivity index (χ3v) is 4.33. The maximum absolute atomic E-state index is 5.97. The zero-order valence-electron chi connectivity index (χ0n) is 16.7. The molecule has 1 aromatic carbocycles. The minimum Gasteiger partial charge on any atom is -0.496 e. The van der Waals surface area contributed by atoms with Crippen LogP contribution in [-0.4, -0.2) is 13.2 Å². The van der Waals surface area contributed by atoms with Crippen LogP contribution in [0.4, 0.5) is 0 Å². The van der Waals surface area contributed by atoms with Crippen molar-refractivity contribution < 1.29 is 4.74 Å². The van der Waals surface area contributed by atoms with Crippen molar-refractivity contribution in [2.24, 2.45) is 11.7 Å². The highest BCUT2D eigenvalue weighted by molar-refractivity contribution is 5.51. The van der Waals surface area contributed by atoms with Gasteiger partial charge >= 0.3 is 0 Å². The molecule has 0 aliphatic heterocycles. The second kappa shape index (κ2) is 7.25. The molecule has 0 aliphatic rings. The lowest BCUT2D eigenvalue weighted by atomic mass is 9.77. The van der Waals surface area contributed by atoms with Crippen molar-refractivity contribution in [3.63, 3.8) is 0 Å². The first kappa shape index (κ1) is 20.0. The summed E-state index contributed by atoms with van der Waals surface area (Å²) >= 11 is 0. The Kier molecular flexibility index (Phi) is 6.32. The van der Waals surface area contributed by atoms with Gasteiger partial charge in [-0.05, 0) is 42.1 Å². The average Bonchev–Trinajstić information content (AvgIpc) is 2.34. The van der Waals surface area contributed by atoms with E-state index in [-0.39, 0.29) is 16.9 Å². The maximum atomic E-state index is 5.97. The number of benzene rings is 1. The Morgan fingerprint density at radius 1 is 0.957 bits per heavy atom. The lowest BCUT2D eigenvalue weighted by Crippen LogP contribution is -2.21. The minimum absolute atomic E-state index is 0.0613. The summed E-state index contributed by atoms with van der Waals surface area (Å²) in [5, 5.41) is 0. The van der Waals surface area contributed by atoms with Crippen molar-refractivity contribution in [1.29, 1.82) is 0 Å². The zero-order chi connectivity index (χ0) is 18.0. The molecular formula is C21H37NO. The zero-order valence-corrected chi connectivity index (χ0v) is 16.7. The van der Waals surface area contributed by atoms with E-state index >= 15 is 0 Å². The van der Waals surface area contributed by atoms with Crippen LogP contribution in [0.3, 0.4) is 0 Å². The highest BCUT2D eigenvalue weighted by Gasteiger charge is 2.27. The van der Waals surface area contributed by atoms with Gasteiger partial charge in [0.2, 0.25) is 0 Å². The van der Waals surface area contributed by atoms with Crippen molar-refractivity contribution in [2.75, 3.05) is 7.11 Å². The molecule has 0 fully saturated rings. The summed E-state index contributed by atoms with van der Waals surface area (Å²) in [6, 6.07) is 4.93. The number of hydrogen-bond acceptors (Lipinski definition) is 2. The van der Waals surface area contributed by atoms with Gasteiger partial charge in [0.25, 0.3) is 0 Å². The molecule has 0 amide bonds. The van der Waals surface area contributed by atoms with Crippen LogP contribution in [-0.2, 0) is 17.3 Å². The molecule has 2 heteroatoms. The summed E-state index contributed by atoms with van der Waals surface area (Å²) < 4.78 is 5.83. The first-order valence-electron chi connectivity index (χ1n) is 8.83. The summed E-state index contributed by atoms with van der Waals surface area (Å²) in [5.74, 6) is 1.64. The number of ether oxygens (including phenoxy) is 1. The summed E-state index contributed by atoms with van der Waals surface area (Å²) in [6.45, 7) is 17.9. The van der Waals surface area contributed by atoms with Crippen molar-refractivity contribution in [1.82, 2.24) is 0 Å². The first-order chi connectivity index (χ1) is 10.4. The molecule has 2 N–H and O–H groups in total. The molecule has 2 unspecified atom stereocenters. The molecule has 1 rings (SSSR count). The van der Waals surface area contributed by atoms with Crippen molar-refractivity contribution in [3.05, 3.63) is 28.8 Å². The maximum Gasteiger partial charge on any atom is 0.126 e. The predicted octanol–water partition coefficient (Wildman–Crippen LogP) is 5.21. The van der Waals surface area contributed by atoms with E-state index in [1.54, 1.807) is 7.11 Å². The Bertz CT molecular complexity index is 483. The normalized spacial score (nSPS) is 15.4. The molecule has 132 valence electrons. The molecule has 0 spiro atoms. The summed E-state index contributed by atoms with van der Waals surface area (Å²) in [4.78, 5) is 0. The van der Waals surface area contributed by atoms with E-state index in [9.17, 15) is 0 Å². The van der Waals surface area contributed by atoms with E-state index in [1.165, 1.54) is 16.7 Å². The molecule has 23 heavy (non-hydrogen) atoms. The lowest BCUT2D eigenvalue weighted by molar-refractivity contribution is 0.380. The standard InChI is InChI=1S/C21H37NO/c1-14(10-15(2)22)11-16-12-17(20(3,4)5)19(23-9)18(13-16)21(6,7)8/h12-15H,10-11,22H2,1-9H3. The van der Waals surface area contributed by atoms with Gasteiger partial charge in [-0.25, -0.2) is 0 Å². The monoisotopic (exact) mass is 319 g/mol. The number of rotatable bonds is 5. The van der Waals surface area contributed by atoms with E-state index in [0.717, 1.165) is 18.6 Å². The predicted molar refractivity (Wildman–Crippen MR) is 102 cm³/mol. The molecule has 0 saturated carbocycles. The SMILES string of the molecule is COc1c(C(C)(C)C)cc(CC(C)CC(C)N)cc1C(C)(C)C. The molecule has 0 heterocycles. The molecule has 0 saturated heterocycles. The van der Waals surface area contributed by atoms with E-state index in [0.29, 0.717) is 5.92 Å². The van der Waals surface area contributed by atoms with Crippen LogP contribution in [0, 0.1) is 5.92 Å². The van der Waals surface area contributed by atoms with Crippen molar-refractivity contribution >= 4 is 0 Å². The molecule has 0 aliphatic carbocycles. The largest absolute Gasteiger partial charge is 0.496 e. The van der Waals surface area contributed by atoms with Gasteiger partial charge in [0, 0.05) is 17.2 Å². The first-order valence-corrected chi connectivity index (χ1v) is 8.83. The van der Waals surface area contributed by atoms with Crippen LogP contribution in [0.2, 0.25) is 0 Å². The smallest absolute Gasteiger partial charge is 0.126 e. The Morgan fingerprint density at radius 2 is 1.39 bits per heavy atom. The molecular weight excluding hydrogens is 282 g/mol. The lowest BCUT2D eigenvalue weighted by Gasteiger charge is -2.30. The van der Waals surface area contributed by atoms with Crippen LogP contribution >= 0.6 is 0 Å².